The summed E-state index contributed by atoms with van der Waals surface area (Å²) >= 11 is 4.78. The summed E-state index contributed by atoms with van der Waals surface area (Å²) in [7, 11) is 0. The second-order valence-electron chi connectivity index (χ2n) is 3.93. The van der Waals surface area contributed by atoms with E-state index in [-0.39, 0.29) is 5.11 Å². The highest BCUT2D eigenvalue weighted by Crippen LogP contribution is 2.07. The summed E-state index contributed by atoms with van der Waals surface area (Å²) in [6.07, 6.45) is 4.16. The smallest absolute Gasteiger partial charge is 0.184 e. The maximum atomic E-state index is 5.41. The largest absolute Gasteiger partial charge is 0.375 e. The summed E-state index contributed by atoms with van der Waals surface area (Å²) in [5.41, 5.74) is 11.1. The van der Waals surface area contributed by atoms with Crippen molar-refractivity contribution in [2.24, 2.45) is 10.8 Å². The van der Waals surface area contributed by atoms with Crippen LogP contribution in [-0.4, -0.2) is 15.8 Å². The van der Waals surface area contributed by atoms with E-state index >= 15 is 0 Å². The minimum absolute atomic E-state index is 0.152. The van der Waals surface area contributed by atoms with Gasteiger partial charge in [-0.15, -0.1) is 0 Å². The minimum atomic E-state index is 0.152. The van der Waals surface area contributed by atoms with Gasteiger partial charge < -0.3 is 5.73 Å². The van der Waals surface area contributed by atoms with Crippen LogP contribution in [0.1, 0.15) is 11.1 Å². The molecule has 0 amide bonds. The molecule has 0 spiro atoms. The minimum Gasteiger partial charge on any atom is -0.375 e. The first-order chi connectivity index (χ1) is 9.25. The van der Waals surface area contributed by atoms with E-state index in [0.29, 0.717) is 6.42 Å². The van der Waals surface area contributed by atoms with E-state index in [1.54, 1.807) is 12.4 Å². The van der Waals surface area contributed by atoms with Gasteiger partial charge in [0.25, 0.3) is 0 Å². The van der Waals surface area contributed by atoms with Gasteiger partial charge in [-0.2, -0.15) is 5.10 Å². The van der Waals surface area contributed by atoms with Crippen molar-refractivity contribution >= 4 is 23.0 Å². The normalized spacial score (nSPS) is 11.1. The quantitative estimate of drug-likeness (QED) is 0.506. The van der Waals surface area contributed by atoms with Gasteiger partial charge in [0.15, 0.2) is 5.11 Å². The van der Waals surface area contributed by atoms with E-state index in [0.717, 1.165) is 11.3 Å². The van der Waals surface area contributed by atoms with E-state index < -0.39 is 0 Å². The van der Waals surface area contributed by atoms with Crippen LogP contribution in [0.5, 0.6) is 0 Å². The van der Waals surface area contributed by atoms with Crippen LogP contribution in [-0.2, 0) is 6.42 Å². The third kappa shape index (κ3) is 4.15. The van der Waals surface area contributed by atoms with Crippen LogP contribution < -0.4 is 11.2 Å². The van der Waals surface area contributed by atoms with Crippen LogP contribution in [0.4, 0.5) is 0 Å². The number of aromatic nitrogens is 1. The molecule has 0 aliphatic carbocycles. The Morgan fingerprint density at radius 3 is 2.47 bits per heavy atom. The monoisotopic (exact) mass is 270 g/mol. The average molecular weight is 270 g/mol. The zero-order chi connectivity index (χ0) is 13.5. The molecule has 0 radical (unpaired) electrons. The lowest BCUT2D eigenvalue weighted by Gasteiger charge is -2.07. The third-order valence-corrected chi connectivity index (χ3v) is 2.62. The fourth-order valence-corrected chi connectivity index (χ4v) is 1.71. The van der Waals surface area contributed by atoms with E-state index in [4.69, 9.17) is 18.0 Å². The van der Waals surface area contributed by atoms with Crippen molar-refractivity contribution < 1.29 is 0 Å². The summed E-state index contributed by atoms with van der Waals surface area (Å²) in [6.45, 7) is 0. The van der Waals surface area contributed by atoms with Crippen molar-refractivity contribution in [3.05, 3.63) is 66.0 Å². The van der Waals surface area contributed by atoms with Crippen molar-refractivity contribution in [1.29, 1.82) is 0 Å². The lowest BCUT2D eigenvalue weighted by molar-refractivity contribution is 1.02. The highest BCUT2D eigenvalue weighted by Gasteiger charge is 2.05. The number of nitrogens with zero attached hydrogens (tertiary/aromatic N) is 2. The number of hydrazone groups is 1. The van der Waals surface area contributed by atoms with Crippen LogP contribution in [0.2, 0.25) is 0 Å². The van der Waals surface area contributed by atoms with Gasteiger partial charge in [0.1, 0.15) is 0 Å². The molecule has 0 fully saturated rings. The Morgan fingerprint density at radius 2 is 1.84 bits per heavy atom. The van der Waals surface area contributed by atoms with Gasteiger partial charge >= 0.3 is 0 Å². The Hall–Kier alpha value is -2.27. The summed E-state index contributed by atoms with van der Waals surface area (Å²) < 4.78 is 0. The molecule has 5 heteroatoms. The molecule has 0 saturated heterocycles. The topological polar surface area (TPSA) is 63.3 Å². The molecular weight excluding hydrogens is 256 g/mol. The zero-order valence-corrected chi connectivity index (χ0v) is 11.1. The molecule has 2 rings (SSSR count). The summed E-state index contributed by atoms with van der Waals surface area (Å²) in [5, 5.41) is 4.41. The standard InChI is InChI=1S/C14H14N4S/c15-14(19)18-17-13(12-6-8-16-9-7-12)10-11-4-2-1-3-5-11/h1-9H,10H2,(H3,15,18,19). The van der Waals surface area contributed by atoms with E-state index in [1.165, 1.54) is 5.56 Å². The molecule has 2 aromatic rings. The Kier molecular flexibility index (Phi) is 4.58. The number of hydrogen-bond donors (Lipinski definition) is 2. The summed E-state index contributed by atoms with van der Waals surface area (Å²) in [4.78, 5) is 4.00. The SMILES string of the molecule is NC(=S)NN=C(Cc1ccccc1)c1ccncc1. The lowest BCUT2D eigenvalue weighted by atomic mass is 10.0. The molecule has 0 atom stereocenters. The zero-order valence-electron chi connectivity index (χ0n) is 10.3. The Bertz CT molecular complexity index is 567. The first-order valence-electron chi connectivity index (χ1n) is 5.82. The Morgan fingerprint density at radius 1 is 1.16 bits per heavy atom. The third-order valence-electron chi connectivity index (χ3n) is 2.53. The average Bonchev–Trinajstić information content (AvgIpc) is 2.45. The number of benzene rings is 1. The van der Waals surface area contributed by atoms with E-state index in [9.17, 15) is 0 Å². The van der Waals surface area contributed by atoms with Crippen LogP contribution in [0.15, 0.2) is 60.0 Å². The van der Waals surface area contributed by atoms with Crippen LogP contribution in [0.25, 0.3) is 0 Å². The van der Waals surface area contributed by atoms with Gasteiger partial charge in [-0.1, -0.05) is 30.3 Å². The molecule has 0 aliphatic heterocycles. The van der Waals surface area contributed by atoms with E-state index in [2.05, 4.69) is 27.6 Å². The molecule has 0 saturated carbocycles. The summed E-state index contributed by atoms with van der Waals surface area (Å²) in [5.74, 6) is 0. The molecule has 4 nitrogen and oxygen atoms in total. The van der Waals surface area contributed by atoms with Gasteiger partial charge in [0.05, 0.1) is 5.71 Å². The fourth-order valence-electron chi connectivity index (χ4n) is 1.66. The van der Waals surface area contributed by atoms with Crippen LogP contribution >= 0.6 is 12.2 Å². The second-order valence-corrected chi connectivity index (χ2v) is 4.37. The molecule has 19 heavy (non-hydrogen) atoms. The molecular formula is C14H14N4S. The molecule has 96 valence electrons. The Labute approximate surface area is 117 Å². The molecule has 0 unspecified atom stereocenters. The van der Waals surface area contributed by atoms with Crippen molar-refractivity contribution in [3.63, 3.8) is 0 Å². The number of rotatable bonds is 4. The Balaban J connectivity index is 2.25. The van der Waals surface area contributed by atoms with Crippen molar-refractivity contribution in [2.45, 2.75) is 6.42 Å². The highest BCUT2D eigenvalue weighted by atomic mass is 32.1. The fraction of sp³-hybridized carbons (Fsp3) is 0.0714. The predicted octanol–water partition coefficient (Wildman–Crippen LogP) is 1.86. The molecule has 1 aromatic carbocycles. The molecule has 0 bridgehead atoms. The van der Waals surface area contributed by atoms with Gasteiger partial charge in [0, 0.05) is 24.4 Å². The second kappa shape index (κ2) is 6.61. The predicted molar refractivity (Wildman–Crippen MR) is 80.8 cm³/mol. The number of hydrogen-bond acceptors (Lipinski definition) is 3. The van der Waals surface area contributed by atoms with Crippen molar-refractivity contribution in [3.8, 4) is 0 Å². The summed E-state index contributed by atoms with van der Waals surface area (Å²) in [6, 6.07) is 13.9. The van der Waals surface area contributed by atoms with Crippen LogP contribution in [0, 0.1) is 0 Å². The number of thiocarbonyl (C=S) groups is 1. The van der Waals surface area contributed by atoms with Gasteiger partial charge in [-0.25, -0.2) is 0 Å². The van der Waals surface area contributed by atoms with Gasteiger partial charge in [-0.05, 0) is 29.9 Å². The first-order valence-corrected chi connectivity index (χ1v) is 6.23. The molecule has 1 aromatic heterocycles. The maximum Gasteiger partial charge on any atom is 0.184 e. The number of nitrogens with one attached hydrogen (secondary N) is 1. The first kappa shape index (κ1) is 13.2. The maximum absolute atomic E-state index is 5.41. The number of nitrogens with two attached hydrogens (primary N) is 1. The van der Waals surface area contributed by atoms with Gasteiger partial charge in [-0.3, -0.25) is 10.4 Å². The molecule has 0 aliphatic rings. The van der Waals surface area contributed by atoms with Crippen molar-refractivity contribution in [2.75, 3.05) is 0 Å². The molecule has 1 heterocycles. The van der Waals surface area contributed by atoms with E-state index in [1.807, 2.05) is 30.3 Å². The lowest BCUT2D eigenvalue weighted by Crippen LogP contribution is -2.26. The van der Waals surface area contributed by atoms with Gasteiger partial charge in [0.2, 0.25) is 0 Å². The highest BCUT2D eigenvalue weighted by molar-refractivity contribution is 7.80. The number of pyridine rings is 1. The van der Waals surface area contributed by atoms with Crippen LogP contribution in [0.3, 0.4) is 0 Å². The van der Waals surface area contributed by atoms with Crippen molar-refractivity contribution in [1.82, 2.24) is 10.4 Å². The molecule has 3 N–H and O–H groups in total.